The molecule has 0 N–H and O–H groups in total. The van der Waals surface area contributed by atoms with Gasteiger partial charge in [-0.15, -0.1) is 0 Å². The molecule has 1 heterocycles. The molecule has 60 heavy (non-hydrogen) atoms. The molecule has 0 saturated carbocycles. The Kier molecular flexibility index (Phi) is 8.87. The molecule has 0 fully saturated rings. The van der Waals surface area contributed by atoms with Crippen LogP contribution in [0.4, 0.5) is 17.1 Å². The van der Waals surface area contributed by atoms with Crippen LogP contribution in [0.3, 0.4) is 0 Å². The second-order valence-corrected chi connectivity index (χ2v) is 15.2. The van der Waals surface area contributed by atoms with Crippen molar-refractivity contribution in [2.75, 3.05) is 4.90 Å². The molecule has 2 nitrogen and oxygen atoms in total. The van der Waals surface area contributed by atoms with Crippen molar-refractivity contribution in [1.29, 1.82) is 0 Å². The van der Waals surface area contributed by atoms with Gasteiger partial charge in [-0.3, -0.25) is 0 Å². The van der Waals surface area contributed by atoms with Crippen LogP contribution in [0.25, 0.3) is 88.3 Å². The number of hydrogen-bond acceptors (Lipinski definition) is 2. The standard InChI is InChI=1S/C58H39NO/c1-4-15-40(16-5-1)42-27-33-46(34-28-42)59(47-35-29-43(30-36-47)41-17-6-2-7-18-41)48-37-31-45(32-38-48)50-25-14-26-56-57(50)55-39-54(52-23-12-13-24-53(52)58(55)60-56)51-22-11-10-21-49(51)44-19-8-3-9-20-44/h1-39H. The number of hydrogen-bond donors (Lipinski definition) is 0. The van der Waals surface area contributed by atoms with Crippen LogP contribution in [0.2, 0.25) is 0 Å². The first kappa shape index (κ1) is 35.2. The van der Waals surface area contributed by atoms with Crippen LogP contribution in [0, 0.1) is 0 Å². The maximum atomic E-state index is 6.79. The zero-order chi connectivity index (χ0) is 39.8. The first-order valence-corrected chi connectivity index (χ1v) is 20.5. The van der Waals surface area contributed by atoms with Crippen LogP contribution in [0.5, 0.6) is 0 Å². The lowest BCUT2D eigenvalue weighted by atomic mass is 9.89. The topological polar surface area (TPSA) is 16.4 Å². The van der Waals surface area contributed by atoms with Gasteiger partial charge in [0.25, 0.3) is 0 Å². The average molecular weight is 766 g/mol. The zero-order valence-corrected chi connectivity index (χ0v) is 32.9. The Morgan fingerprint density at radius 3 is 1.25 bits per heavy atom. The smallest absolute Gasteiger partial charge is 0.143 e. The Balaban J connectivity index is 1.03. The lowest BCUT2D eigenvalue weighted by molar-refractivity contribution is 0.673. The molecule has 0 aliphatic heterocycles. The summed E-state index contributed by atoms with van der Waals surface area (Å²) in [4.78, 5) is 2.34. The Hall–Kier alpha value is -7.94. The summed E-state index contributed by atoms with van der Waals surface area (Å²) < 4.78 is 6.79. The molecular formula is C58H39NO. The normalized spacial score (nSPS) is 11.3. The van der Waals surface area contributed by atoms with Crippen LogP contribution in [0.1, 0.15) is 0 Å². The van der Waals surface area contributed by atoms with E-state index in [1.807, 2.05) is 0 Å². The highest BCUT2D eigenvalue weighted by Gasteiger charge is 2.20. The largest absolute Gasteiger partial charge is 0.455 e. The van der Waals surface area contributed by atoms with Gasteiger partial charge in [-0.05, 0) is 110 Å². The molecule has 0 bridgehead atoms. The van der Waals surface area contributed by atoms with Gasteiger partial charge in [0.05, 0.1) is 0 Å². The molecule has 11 rings (SSSR count). The molecule has 0 aliphatic carbocycles. The molecular weight excluding hydrogens is 727 g/mol. The average Bonchev–Trinajstić information content (AvgIpc) is 3.72. The van der Waals surface area contributed by atoms with Gasteiger partial charge in [0.2, 0.25) is 0 Å². The maximum Gasteiger partial charge on any atom is 0.143 e. The van der Waals surface area contributed by atoms with E-state index in [2.05, 4.69) is 241 Å². The van der Waals surface area contributed by atoms with E-state index < -0.39 is 0 Å². The third kappa shape index (κ3) is 6.32. The highest BCUT2D eigenvalue weighted by atomic mass is 16.3. The minimum atomic E-state index is 0.879. The summed E-state index contributed by atoms with van der Waals surface area (Å²) in [7, 11) is 0. The van der Waals surface area contributed by atoms with Crippen LogP contribution < -0.4 is 4.90 Å². The number of benzene rings is 10. The van der Waals surface area contributed by atoms with E-state index in [1.165, 1.54) is 49.9 Å². The van der Waals surface area contributed by atoms with Crippen LogP contribution in [-0.2, 0) is 0 Å². The summed E-state index contributed by atoms with van der Waals surface area (Å²) in [6.07, 6.45) is 0. The van der Waals surface area contributed by atoms with E-state index in [0.717, 1.165) is 55.5 Å². The minimum Gasteiger partial charge on any atom is -0.455 e. The second-order valence-electron chi connectivity index (χ2n) is 15.2. The molecule has 1 aromatic heterocycles. The fraction of sp³-hybridized carbons (Fsp3) is 0. The van der Waals surface area contributed by atoms with Crippen molar-refractivity contribution in [2.24, 2.45) is 0 Å². The second kappa shape index (κ2) is 15.1. The first-order chi connectivity index (χ1) is 29.8. The lowest BCUT2D eigenvalue weighted by Crippen LogP contribution is -2.09. The van der Waals surface area contributed by atoms with Crippen molar-refractivity contribution in [3.05, 3.63) is 237 Å². The molecule has 0 radical (unpaired) electrons. The Bertz CT molecular complexity index is 3180. The van der Waals surface area contributed by atoms with Gasteiger partial charge in [-0.2, -0.15) is 0 Å². The van der Waals surface area contributed by atoms with Crippen molar-refractivity contribution < 1.29 is 4.42 Å². The van der Waals surface area contributed by atoms with Gasteiger partial charge in [0.1, 0.15) is 11.2 Å². The van der Waals surface area contributed by atoms with E-state index in [-0.39, 0.29) is 0 Å². The molecule has 0 spiro atoms. The Morgan fingerprint density at radius 1 is 0.267 bits per heavy atom. The Morgan fingerprint density at radius 2 is 0.683 bits per heavy atom. The SMILES string of the molecule is c1ccc(-c2ccc(N(c3ccc(-c4ccccc4)cc3)c3ccc(-c4cccc5oc6c7ccccc7c(-c7ccccc7-c7ccccc7)cc6c45)cc3)cc2)cc1. The van der Waals surface area contributed by atoms with E-state index >= 15 is 0 Å². The molecule has 282 valence electrons. The third-order valence-electron chi connectivity index (χ3n) is 11.7. The fourth-order valence-corrected chi connectivity index (χ4v) is 8.80. The van der Waals surface area contributed by atoms with Crippen LogP contribution in [0.15, 0.2) is 241 Å². The van der Waals surface area contributed by atoms with Crippen LogP contribution in [-0.4, -0.2) is 0 Å². The highest BCUT2D eigenvalue weighted by Crippen LogP contribution is 2.45. The van der Waals surface area contributed by atoms with Gasteiger partial charge in [-0.25, -0.2) is 0 Å². The molecule has 11 aromatic rings. The lowest BCUT2D eigenvalue weighted by Gasteiger charge is -2.26. The van der Waals surface area contributed by atoms with Crippen molar-refractivity contribution in [2.45, 2.75) is 0 Å². The van der Waals surface area contributed by atoms with Gasteiger partial charge in [-0.1, -0.05) is 188 Å². The Labute approximate surface area is 349 Å². The van der Waals surface area contributed by atoms with Gasteiger partial charge >= 0.3 is 0 Å². The quantitative estimate of drug-likeness (QED) is 0.153. The van der Waals surface area contributed by atoms with Crippen LogP contribution >= 0.6 is 0 Å². The van der Waals surface area contributed by atoms with E-state index in [1.54, 1.807) is 0 Å². The van der Waals surface area contributed by atoms with Crippen molar-refractivity contribution in [3.63, 3.8) is 0 Å². The molecule has 0 atom stereocenters. The van der Waals surface area contributed by atoms with Gasteiger partial charge < -0.3 is 9.32 Å². The fourth-order valence-electron chi connectivity index (χ4n) is 8.80. The summed E-state index contributed by atoms with van der Waals surface area (Å²) in [6.45, 7) is 0. The number of fused-ring (bicyclic) bond motifs is 5. The predicted molar refractivity (Wildman–Crippen MR) is 253 cm³/mol. The van der Waals surface area contributed by atoms with Crippen molar-refractivity contribution in [3.8, 4) is 55.6 Å². The van der Waals surface area contributed by atoms with E-state index in [0.29, 0.717) is 0 Å². The van der Waals surface area contributed by atoms with Crippen molar-refractivity contribution >= 4 is 49.8 Å². The van der Waals surface area contributed by atoms with E-state index in [9.17, 15) is 0 Å². The molecule has 0 amide bonds. The van der Waals surface area contributed by atoms with Gasteiger partial charge in [0, 0.05) is 33.2 Å². The first-order valence-electron chi connectivity index (χ1n) is 20.5. The van der Waals surface area contributed by atoms with Crippen molar-refractivity contribution in [1.82, 2.24) is 0 Å². The molecule has 0 unspecified atom stereocenters. The van der Waals surface area contributed by atoms with Gasteiger partial charge in [0.15, 0.2) is 0 Å². The molecule has 0 aliphatic rings. The minimum absolute atomic E-state index is 0.879. The molecule has 0 saturated heterocycles. The maximum absolute atomic E-state index is 6.79. The predicted octanol–water partition coefficient (Wildman–Crippen LogP) is 16.5. The van der Waals surface area contributed by atoms with E-state index in [4.69, 9.17) is 4.42 Å². The zero-order valence-electron chi connectivity index (χ0n) is 32.9. The third-order valence-corrected chi connectivity index (χ3v) is 11.7. The summed E-state index contributed by atoms with van der Waals surface area (Å²) in [5.41, 5.74) is 16.9. The number of anilines is 3. The summed E-state index contributed by atoms with van der Waals surface area (Å²) in [5.74, 6) is 0. The summed E-state index contributed by atoms with van der Waals surface area (Å²) in [6, 6.07) is 84.6. The molecule has 2 heteroatoms. The monoisotopic (exact) mass is 765 g/mol. The summed E-state index contributed by atoms with van der Waals surface area (Å²) in [5, 5.41) is 4.51. The number of furan rings is 1. The molecule has 10 aromatic carbocycles. The highest BCUT2D eigenvalue weighted by molar-refractivity contribution is 6.22. The summed E-state index contributed by atoms with van der Waals surface area (Å²) >= 11 is 0. The number of nitrogens with zero attached hydrogens (tertiary/aromatic N) is 1. The number of rotatable bonds is 8.